The van der Waals surface area contributed by atoms with Crippen LogP contribution < -0.4 is 0 Å². The van der Waals surface area contributed by atoms with Crippen molar-refractivity contribution < 1.29 is 54.9 Å². The van der Waals surface area contributed by atoms with E-state index >= 15 is 0 Å². The van der Waals surface area contributed by atoms with Gasteiger partial charge in [-0.25, -0.2) is 4.99 Å². The van der Waals surface area contributed by atoms with Gasteiger partial charge < -0.3 is 22.7 Å². The largest absolute Gasteiger partial charge is 3.00 e. The first kappa shape index (κ1) is 34.2. The van der Waals surface area contributed by atoms with Gasteiger partial charge in [0.25, 0.3) is 10.1 Å². The Hall–Kier alpha value is -2.87. The molecule has 1 aliphatic carbocycles. The number of pyridine rings is 1. The molecule has 39 heavy (non-hydrogen) atoms. The number of benzene rings is 1. The van der Waals surface area contributed by atoms with Crippen molar-refractivity contribution >= 4 is 33.6 Å². The molecule has 0 bridgehead atoms. The van der Waals surface area contributed by atoms with Crippen molar-refractivity contribution in [1.29, 1.82) is 0 Å². The van der Waals surface area contributed by atoms with Crippen LogP contribution in [-0.4, -0.2) is 92.6 Å². The fourth-order valence-electron chi connectivity index (χ4n) is 4.70. The second-order valence-electron chi connectivity index (χ2n) is 8.81. The monoisotopic (exact) mass is 605 g/mol. The first-order valence-corrected chi connectivity index (χ1v) is 13.1. The number of carbonyl (C=O) groups is 2. The van der Waals surface area contributed by atoms with Crippen LogP contribution >= 0.6 is 0 Å². The van der Waals surface area contributed by atoms with Crippen LogP contribution in [0.5, 0.6) is 0 Å². The summed E-state index contributed by atoms with van der Waals surface area (Å²) in [6.07, 6.45) is 4.39. The third-order valence-corrected chi connectivity index (χ3v) is 7.04. The van der Waals surface area contributed by atoms with Crippen LogP contribution in [0.4, 0.5) is 5.69 Å². The Kier molecular flexibility index (Phi) is 13.7. The Balaban J connectivity index is 0.00000380. The fourth-order valence-corrected chi connectivity index (χ4v) is 5.32. The average molecular weight is 605 g/mol. The minimum absolute atomic E-state index is 0. The molecule has 2 aromatic rings. The first-order valence-electron chi connectivity index (χ1n) is 11.7. The molecule has 0 aliphatic heterocycles. The molecule has 2 atom stereocenters. The zero-order chi connectivity index (χ0) is 27.0. The summed E-state index contributed by atoms with van der Waals surface area (Å²) in [5, 5.41) is 29.8. The molecule has 0 amide bonds. The second kappa shape index (κ2) is 15.7. The van der Waals surface area contributed by atoms with Crippen molar-refractivity contribution in [3.63, 3.8) is 0 Å². The zero-order valence-electron chi connectivity index (χ0n) is 21.4. The van der Waals surface area contributed by atoms with Crippen molar-refractivity contribution in [3.05, 3.63) is 61.8 Å². The Bertz CT molecular complexity index is 1230. The van der Waals surface area contributed by atoms with Gasteiger partial charge in [0.05, 0.1) is 31.0 Å². The zero-order valence-corrected chi connectivity index (χ0v) is 23.3. The summed E-state index contributed by atoms with van der Waals surface area (Å²) < 4.78 is 32.8. The first-order chi connectivity index (χ1) is 17.5. The van der Waals surface area contributed by atoms with Gasteiger partial charge in [0, 0.05) is 24.8 Å². The molecule has 1 fully saturated rings. The number of aliphatic hydroxyl groups is 1. The van der Waals surface area contributed by atoms with Gasteiger partial charge in [-0.05, 0) is 37.1 Å². The summed E-state index contributed by atoms with van der Waals surface area (Å²) in [7, 11) is -4.60. The van der Waals surface area contributed by atoms with E-state index in [2.05, 4.69) is 9.98 Å². The number of aliphatic imine (C=N–C) groups is 1. The van der Waals surface area contributed by atoms with Crippen molar-refractivity contribution in [3.8, 4) is 0 Å². The summed E-state index contributed by atoms with van der Waals surface area (Å²) in [6.45, 7) is -0.805. The SMILES string of the molecule is O=C(O)CN(CC(O)=Nc1ccccc1S(=O)(=O)O)C1CCCC[C@@H]1N(CC(=O)O)Cc1ccccn1.[CH3-].[Fe+3]. The summed E-state index contributed by atoms with van der Waals surface area (Å²) in [5.41, 5.74) is 0.477. The second-order valence-corrected chi connectivity index (χ2v) is 10.2. The van der Waals surface area contributed by atoms with Crippen LogP contribution in [0.3, 0.4) is 0 Å². The third-order valence-electron chi connectivity index (χ3n) is 6.14. The molecule has 0 saturated heterocycles. The molecule has 1 radical (unpaired) electrons. The molecule has 1 aromatic heterocycles. The Morgan fingerprint density at radius 1 is 0.897 bits per heavy atom. The van der Waals surface area contributed by atoms with Crippen LogP contribution in [0.15, 0.2) is 58.5 Å². The van der Waals surface area contributed by atoms with E-state index in [1.54, 1.807) is 29.3 Å². The predicted octanol–water partition coefficient (Wildman–Crippen LogP) is 2.65. The van der Waals surface area contributed by atoms with Crippen LogP contribution in [0.2, 0.25) is 0 Å². The minimum Gasteiger partial charge on any atom is -0.495 e. The number of nitrogens with zero attached hydrogens (tertiary/aromatic N) is 4. The Morgan fingerprint density at radius 3 is 2.03 bits per heavy atom. The molecular formula is C25H33FeN4O8S+2. The van der Waals surface area contributed by atoms with Gasteiger partial charge in [-0.3, -0.25) is 28.9 Å². The predicted molar refractivity (Wildman–Crippen MR) is 140 cm³/mol. The Morgan fingerprint density at radius 2 is 1.46 bits per heavy atom. The maximum atomic E-state index is 11.7. The van der Waals surface area contributed by atoms with E-state index in [4.69, 9.17) is 0 Å². The van der Waals surface area contributed by atoms with E-state index in [0.29, 0.717) is 18.5 Å². The van der Waals surface area contributed by atoms with E-state index in [9.17, 15) is 37.9 Å². The number of carboxylic acid groups (broad SMARTS) is 2. The number of rotatable bonds is 12. The maximum Gasteiger partial charge on any atom is 3.00 e. The molecule has 1 heterocycles. The molecule has 14 heteroatoms. The van der Waals surface area contributed by atoms with Gasteiger partial charge in [0.1, 0.15) is 4.90 Å². The third kappa shape index (κ3) is 10.3. The summed E-state index contributed by atoms with van der Waals surface area (Å²) in [6, 6.07) is 9.87. The van der Waals surface area contributed by atoms with Crippen LogP contribution in [0.1, 0.15) is 31.4 Å². The van der Waals surface area contributed by atoms with Gasteiger partial charge in [-0.15, -0.1) is 0 Å². The summed E-state index contributed by atoms with van der Waals surface area (Å²) in [4.78, 5) is 34.4. The molecule has 1 aromatic carbocycles. The number of aliphatic carboxylic acids is 2. The molecule has 12 nitrogen and oxygen atoms in total. The number of aromatic nitrogens is 1. The van der Waals surface area contributed by atoms with E-state index < -0.39 is 45.4 Å². The smallest absolute Gasteiger partial charge is 0.495 e. The average Bonchev–Trinajstić information content (AvgIpc) is 2.83. The molecule has 1 aliphatic rings. The molecule has 1 saturated carbocycles. The molecule has 0 spiro atoms. The van der Waals surface area contributed by atoms with Gasteiger partial charge in [0.2, 0.25) is 5.90 Å². The quantitative estimate of drug-likeness (QED) is 0.0918. The summed E-state index contributed by atoms with van der Waals surface area (Å²) >= 11 is 0. The van der Waals surface area contributed by atoms with Gasteiger partial charge in [-0.2, -0.15) is 8.42 Å². The Labute approximate surface area is 238 Å². The maximum absolute atomic E-state index is 11.7. The normalized spacial score (nSPS) is 17.8. The van der Waals surface area contributed by atoms with Gasteiger partial charge >= 0.3 is 29.0 Å². The number of hydrogen-bond acceptors (Lipinski definition) is 8. The van der Waals surface area contributed by atoms with Crippen LogP contribution in [-0.2, 0) is 43.3 Å². The summed E-state index contributed by atoms with van der Waals surface area (Å²) in [5.74, 6) is -2.72. The van der Waals surface area contributed by atoms with Crippen molar-refractivity contribution in [2.24, 2.45) is 4.99 Å². The van der Waals surface area contributed by atoms with E-state index in [1.807, 2.05) is 0 Å². The number of hydrogen-bond donors (Lipinski definition) is 4. The minimum atomic E-state index is -4.60. The number of para-hydroxylation sites is 1. The van der Waals surface area contributed by atoms with E-state index in [0.717, 1.165) is 18.9 Å². The fraction of sp³-hybridized carbons (Fsp3) is 0.400. The van der Waals surface area contributed by atoms with Gasteiger partial charge in [0.15, 0.2) is 0 Å². The molecule has 213 valence electrons. The van der Waals surface area contributed by atoms with Crippen molar-refractivity contribution in [2.75, 3.05) is 19.6 Å². The number of carboxylic acids is 2. The van der Waals surface area contributed by atoms with E-state index in [-0.39, 0.29) is 55.9 Å². The molecule has 4 N–H and O–H groups in total. The van der Waals surface area contributed by atoms with Crippen molar-refractivity contribution in [1.82, 2.24) is 14.8 Å². The number of aliphatic hydroxyl groups excluding tert-OH is 1. The standard InChI is InChI=1S/C24H30N4O8S.CH3.Fe/c29-22(26-18-8-1-4-11-21(18)37(34,35)36)14-28(16-24(32)33)20-10-3-2-9-19(20)27(15-23(30)31)13-17-7-5-6-12-25-17;;/h1,4-8,11-12,19-20H,2-3,9-10,13-16H2,(H,26,29)(H,30,31)(H,32,33)(H,34,35,36);1H3;/q;-1;+3/t19-,20?;;/m0../s1. The molecule has 1 unspecified atom stereocenters. The molecular weight excluding hydrogens is 572 g/mol. The van der Waals surface area contributed by atoms with Crippen LogP contribution in [0, 0.1) is 7.43 Å². The van der Waals surface area contributed by atoms with Gasteiger partial charge in [-0.1, -0.05) is 31.0 Å². The van der Waals surface area contributed by atoms with E-state index in [1.165, 1.54) is 23.1 Å². The van der Waals surface area contributed by atoms with Crippen molar-refractivity contribution in [2.45, 2.75) is 49.2 Å². The topological polar surface area (TPSA) is 181 Å². The molecule has 3 rings (SSSR count). The van der Waals surface area contributed by atoms with Crippen LogP contribution in [0.25, 0.3) is 0 Å².